The first-order valence-electron chi connectivity index (χ1n) is 5.25. The van der Waals surface area contributed by atoms with Crippen LogP contribution in [-0.2, 0) is 6.42 Å². The number of aliphatic hydroxyl groups is 1. The Kier molecular flexibility index (Phi) is 4.62. The number of nitrogens with zero attached hydrogens (tertiary/aromatic N) is 2. The highest BCUT2D eigenvalue weighted by atomic mass is 79.9. The number of hydrogen-bond acceptors (Lipinski definition) is 5. The Bertz CT molecular complexity index is 509. The molecule has 2 heterocycles. The quantitative estimate of drug-likeness (QED) is 0.883. The summed E-state index contributed by atoms with van der Waals surface area (Å²) in [5.74, 6) is -0.311. The molecule has 0 saturated heterocycles. The fourth-order valence-corrected chi connectivity index (χ4v) is 2.44. The van der Waals surface area contributed by atoms with Gasteiger partial charge in [0.15, 0.2) is 11.6 Å². The van der Waals surface area contributed by atoms with Crippen LogP contribution in [0.4, 0.5) is 10.2 Å². The lowest BCUT2D eigenvalue weighted by Crippen LogP contribution is -2.27. The Hall–Kier alpha value is -1.05. The largest absolute Gasteiger partial charge is 0.394 e. The Balaban J connectivity index is 2.05. The second kappa shape index (κ2) is 6.21. The van der Waals surface area contributed by atoms with Gasteiger partial charge in [0.25, 0.3) is 0 Å². The normalized spacial score (nSPS) is 12.4. The molecule has 0 amide bonds. The molecule has 96 valence electrons. The van der Waals surface area contributed by atoms with Gasteiger partial charge >= 0.3 is 0 Å². The number of pyridine rings is 1. The smallest absolute Gasteiger partial charge is 0.166 e. The zero-order chi connectivity index (χ0) is 13.0. The van der Waals surface area contributed by atoms with Crippen LogP contribution in [0.5, 0.6) is 0 Å². The topological polar surface area (TPSA) is 58.0 Å². The molecule has 2 aromatic heterocycles. The Morgan fingerprint density at radius 3 is 2.94 bits per heavy atom. The van der Waals surface area contributed by atoms with Gasteiger partial charge in [0, 0.05) is 28.2 Å². The van der Waals surface area contributed by atoms with Crippen molar-refractivity contribution >= 4 is 33.1 Å². The maximum atomic E-state index is 13.6. The standard InChI is InChI=1S/C11H11BrFN3OS/c12-7-1-10(13)11(15-3-7)16-8(5-17)2-9-4-14-6-18-9/h1,3-4,6,8,17H,2,5H2,(H,15,16). The van der Waals surface area contributed by atoms with E-state index in [0.717, 1.165) is 4.88 Å². The maximum absolute atomic E-state index is 13.6. The number of anilines is 1. The van der Waals surface area contributed by atoms with Crippen molar-refractivity contribution in [3.63, 3.8) is 0 Å². The van der Waals surface area contributed by atoms with Crippen LogP contribution < -0.4 is 5.32 Å². The van der Waals surface area contributed by atoms with Crippen molar-refractivity contribution in [1.82, 2.24) is 9.97 Å². The van der Waals surface area contributed by atoms with E-state index in [2.05, 4.69) is 31.2 Å². The average Bonchev–Trinajstić information content (AvgIpc) is 2.84. The average molecular weight is 332 g/mol. The molecule has 4 nitrogen and oxygen atoms in total. The molecule has 0 aliphatic heterocycles. The molecule has 2 aromatic rings. The Labute approximate surface area is 116 Å². The third-order valence-electron chi connectivity index (χ3n) is 2.30. The maximum Gasteiger partial charge on any atom is 0.166 e. The fraction of sp³-hybridized carbons (Fsp3) is 0.273. The Morgan fingerprint density at radius 2 is 2.33 bits per heavy atom. The van der Waals surface area contributed by atoms with Crippen molar-refractivity contribution in [2.24, 2.45) is 0 Å². The van der Waals surface area contributed by atoms with Crippen LogP contribution in [0.15, 0.2) is 28.4 Å². The van der Waals surface area contributed by atoms with Gasteiger partial charge in [0.2, 0.25) is 0 Å². The summed E-state index contributed by atoms with van der Waals surface area (Å²) in [5.41, 5.74) is 1.72. The summed E-state index contributed by atoms with van der Waals surface area (Å²) in [6.45, 7) is -0.102. The summed E-state index contributed by atoms with van der Waals surface area (Å²) in [5, 5.41) is 12.2. The third-order valence-corrected chi connectivity index (χ3v) is 3.54. The van der Waals surface area contributed by atoms with Crippen LogP contribution in [0.1, 0.15) is 4.88 Å². The van der Waals surface area contributed by atoms with Crippen LogP contribution in [-0.4, -0.2) is 27.7 Å². The zero-order valence-corrected chi connectivity index (χ0v) is 11.7. The predicted molar refractivity (Wildman–Crippen MR) is 72.2 cm³/mol. The van der Waals surface area contributed by atoms with E-state index in [0.29, 0.717) is 10.9 Å². The summed E-state index contributed by atoms with van der Waals surface area (Å²) >= 11 is 4.64. The van der Waals surface area contributed by atoms with Crippen molar-refractivity contribution in [2.75, 3.05) is 11.9 Å². The molecule has 7 heteroatoms. The Morgan fingerprint density at radius 1 is 1.50 bits per heavy atom. The van der Waals surface area contributed by atoms with Crippen LogP contribution >= 0.6 is 27.3 Å². The number of aliphatic hydroxyl groups excluding tert-OH is 1. The van der Waals surface area contributed by atoms with Crippen molar-refractivity contribution < 1.29 is 9.50 Å². The highest BCUT2D eigenvalue weighted by Gasteiger charge is 2.13. The number of halogens is 2. The molecule has 0 fully saturated rings. The molecule has 0 aliphatic carbocycles. The SMILES string of the molecule is OCC(Cc1cncs1)Nc1ncc(Br)cc1F. The molecule has 0 radical (unpaired) electrons. The first-order chi connectivity index (χ1) is 8.69. The van der Waals surface area contributed by atoms with E-state index in [4.69, 9.17) is 0 Å². The molecule has 0 saturated carbocycles. The summed E-state index contributed by atoms with van der Waals surface area (Å²) in [6, 6.07) is 1.05. The van der Waals surface area contributed by atoms with Gasteiger partial charge in [-0.1, -0.05) is 0 Å². The second-order valence-corrected chi connectivity index (χ2v) is 5.57. The minimum absolute atomic E-state index is 0.102. The zero-order valence-electron chi connectivity index (χ0n) is 9.31. The number of hydrogen-bond donors (Lipinski definition) is 2. The monoisotopic (exact) mass is 331 g/mol. The van der Waals surface area contributed by atoms with Gasteiger partial charge in [-0.2, -0.15) is 0 Å². The van der Waals surface area contributed by atoms with Crippen molar-refractivity contribution in [3.8, 4) is 0 Å². The fourth-order valence-electron chi connectivity index (χ4n) is 1.46. The summed E-state index contributed by atoms with van der Waals surface area (Å²) in [7, 11) is 0. The van der Waals surface area contributed by atoms with Gasteiger partial charge < -0.3 is 10.4 Å². The molecular formula is C11H11BrFN3OS. The molecular weight excluding hydrogens is 321 g/mol. The molecule has 18 heavy (non-hydrogen) atoms. The second-order valence-electron chi connectivity index (χ2n) is 3.68. The summed E-state index contributed by atoms with van der Waals surface area (Å²) < 4.78 is 14.2. The summed E-state index contributed by atoms with van der Waals surface area (Å²) in [6.07, 6.45) is 3.82. The predicted octanol–water partition coefficient (Wildman–Crippen LogP) is 2.46. The minimum atomic E-state index is -0.452. The number of aromatic nitrogens is 2. The first kappa shape index (κ1) is 13.4. The molecule has 1 unspecified atom stereocenters. The lowest BCUT2D eigenvalue weighted by atomic mass is 10.2. The van der Waals surface area contributed by atoms with Gasteiger partial charge in [-0.05, 0) is 22.0 Å². The lowest BCUT2D eigenvalue weighted by Gasteiger charge is -2.16. The highest BCUT2D eigenvalue weighted by Crippen LogP contribution is 2.18. The third kappa shape index (κ3) is 3.47. The van der Waals surface area contributed by atoms with Crippen LogP contribution in [0, 0.1) is 5.82 Å². The van der Waals surface area contributed by atoms with E-state index in [9.17, 15) is 9.50 Å². The molecule has 2 rings (SSSR count). The van der Waals surface area contributed by atoms with Crippen molar-refractivity contribution in [2.45, 2.75) is 12.5 Å². The van der Waals surface area contributed by atoms with E-state index in [1.165, 1.54) is 23.6 Å². The number of thiazole rings is 1. The van der Waals surface area contributed by atoms with Gasteiger partial charge in [-0.15, -0.1) is 11.3 Å². The van der Waals surface area contributed by atoms with Gasteiger partial charge in [0.1, 0.15) is 0 Å². The van der Waals surface area contributed by atoms with E-state index < -0.39 is 5.82 Å². The van der Waals surface area contributed by atoms with Gasteiger partial charge in [-0.25, -0.2) is 9.37 Å². The summed E-state index contributed by atoms with van der Waals surface area (Å²) in [4.78, 5) is 8.92. The molecule has 0 aromatic carbocycles. The molecule has 0 spiro atoms. The van der Waals surface area contributed by atoms with Crippen molar-refractivity contribution in [1.29, 1.82) is 0 Å². The van der Waals surface area contributed by atoms with Crippen LogP contribution in [0.2, 0.25) is 0 Å². The molecule has 0 bridgehead atoms. The molecule has 0 aliphatic rings. The molecule has 2 N–H and O–H groups in total. The number of nitrogens with one attached hydrogen (secondary N) is 1. The van der Waals surface area contributed by atoms with Crippen LogP contribution in [0.3, 0.4) is 0 Å². The van der Waals surface area contributed by atoms with E-state index in [1.807, 2.05) is 0 Å². The van der Waals surface area contributed by atoms with Crippen molar-refractivity contribution in [3.05, 3.63) is 39.1 Å². The molecule has 1 atom stereocenters. The van der Waals surface area contributed by atoms with Gasteiger partial charge in [-0.3, -0.25) is 4.98 Å². The highest BCUT2D eigenvalue weighted by molar-refractivity contribution is 9.10. The van der Waals surface area contributed by atoms with E-state index in [-0.39, 0.29) is 18.5 Å². The van der Waals surface area contributed by atoms with E-state index in [1.54, 1.807) is 11.7 Å². The number of rotatable bonds is 5. The minimum Gasteiger partial charge on any atom is -0.394 e. The lowest BCUT2D eigenvalue weighted by molar-refractivity contribution is 0.273. The van der Waals surface area contributed by atoms with Gasteiger partial charge in [0.05, 0.1) is 18.2 Å². The van der Waals surface area contributed by atoms with E-state index >= 15 is 0 Å². The first-order valence-corrected chi connectivity index (χ1v) is 6.92. The van der Waals surface area contributed by atoms with Crippen LogP contribution in [0.25, 0.3) is 0 Å².